The quantitative estimate of drug-likeness (QED) is 0.546. The summed E-state index contributed by atoms with van der Waals surface area (Å²) in [5, 5.41) is 8.25. The lowest BCUT2D eigenvalue weighted by Crippen LogP contribution is -2.29. The monoisotopic (exact) mass is 129 g/mol. The summed E-state index contributed by atoms with van der Waals surface area (Å²) in [6, 6.07) is -0.821. The number of hydrogen-bond donors (Lipinski definition) is 2. The van der Waals surface area contributed by atoms with Gasteiger partial charge < -0.3 is 15.6 Å². The first-order chi connectivity index (χ1) is 4.20. The van der Waals surface area contributed by atoms with Gasteiger partial charge in [0.2, 0.25) is 0 Å². The standard InChI is InChI=1S/C5H7NO3/c6-4(5(7)8)1-3-2-9-3/h2,4H,1,6H2,(H,7,8)/t4-/m0/s1. The highest BCUT2D eigenvalue weighted by molar-refractivity contribution is 5.73. The molecule has 0 aromatic rings. The van der Waals surface area contributed by atoms with Crippen molar-refractivity contribution >= 4 is 5.97 Å². The summed E-state index contributed by atoms with van der Waals surface area (Å²) in [5.74, 6) is -0.323. The molecular weight excluding hydrogens is 122 g/mol. The van der Waals surface area contributed by atoms with Crippen molar-refractivity contribution in [2.75, 3.05) is 0 Å². The van der Waals surface area contributed by atoms with Crippen LogP contribution in [0.15, 0.2) is 12.0 Å². The normalized spacial score (nSPS) is 17.7. The van der Waals surface area contributed by atoms with Gasteiger partial charge in [0.25, 0.3) is 0 Å². The predicted molar refractivity (Wildman–Crippen MR) is 29.4 cm³/mol. The van der Waals surface area contributed by atoms with E-state index in [1.807, 2.05) is 0 Å². The first kappa shape index (κ1) is 6.10. The zero-order valence-corrected chi connectivity index (χ0v) is 4.70. The van der Waals surface area contributed by atoms with Crippen molar-refractivity contribution in [3.8, 4) is 0 Å². The zero-order chi connectivity index (χ0) is 6.85. The molecule has 0 saturated heterocycles. The molecule has 0 unspecified atom stereocenters. The van der Waals surface area contributed by atoms with Gasteiger partial charge in [0, 0.05) is 6.42 Å². The average molecular weight is 129 g/mol. The van der Waals surface area contributed by atoms with Crippen LogP contribution in [0.3, 0.4) is 0 Å². The Morgan fingerprint density at radius 3 is 2.89 bits per heavy atom. The molecule has 0 radical (unpaired) electrons. The Hall–Kier alpha value is -1.03. The van der Waals surface area contributed by atoms with Crippen molar-refractivity contribution in [2.24, 2.45) is 5.73 Å². The topological polar surface area (TPSA) is 75.8 Å². The van der Waals surface area contributed by atoms with E-state index in [1.165, 1.54) is 6.26 Å². The van der Waals surface area contributed by atoms with Gasteiger partial charge in [-0.3, -0.25) is 4.79 Å². The zero-order valence-electron chi connectivity index (χ0n) is 4.70. The molecular formula is C5H7NO3. The van der Waals surface area contributed by atoms with Crippen molar-refractivity contribution in [1.29, 1.82) is 0 Å². The summed E-state index contributed by atoms with van der Waals surface area (Å²) in [5.41, 5.74) is 5.14. The highest BCUT2D eigenvalue weighted by Crippen LogP contribution is 2.18. The number of rotatable bonds is 3. The van der Waals surface area contributed by atoms with Crippen LogP contribution >= 0.6 is 0 Å². The minimum Gasteiger partial charge on any atom is -0.480 e. The van der Waals surface area contributed by atoms with Gasteiger partial charge in [0.1, 0.15) is 18.1 Å². The average Bonchev–Trinajstić information content (AvgIpc) is 2.50. The third kappa shape index (κ3) is 1.73. The molecule has 0 spiro atoms. The van der Waals surface area contributed by atoms with Gasteiger partial charge in [0.15, 0.2) is 0 Å². The highest BCUT2D eigenvalue weighted by Gasteiger charge is 2.19. The fourth-order valence-corrected chi connectivity index (χ4v) is 0.442. The molecule has 9 heavy (non-hydrogen) atoms. The first-order valence-corrected chi connectivity index (χ1v) is 2.54. The van der Waals surface area contributed by atoms with Crippen LogP contribution in [-0.2, 0) is 9.53 Å². The maximum absolute atomic E-state index is 10.1. The van der Waals surface area contributed by atoms with E-state index in [0.29, 0.717) is 12.2 Å². The van der Waals surface area contributed by atoms with E-state index in [-0.39, 0.29) is 0 Å². The molecule has 1 atom stereocenters. The summed E-state index contributed by atoms with van der Waals surface area (Å²) in [6.07, 6.45) is 1.79. The van der Waals surface area contributed by atoms with Gasteiger partial charge >= 0.3 is 5.97 Å². The third-order valence-electron chi connectivity index (χ3n) is 1.02. The second-order valence-corrected chi connectivity index (χ2v) is 1.85. The fourth-order valence-electron chi connectivity index (χ4n) is 0.442. The molecule has 1 rings (SSSR count). The minimum absolute atomic E-state index is 0.301. The van der Waals surface area contributed by atoms with Gasteiger partial charge in [-0.25, -0.2) is 0 Å². The largest absolute Gasteiger partial charge is 0.480 e. The molecule has 0 bridgehead atoms. The Balaban J connectivity index is 2.25. The molecule has 0 aromatic carbocycles. The Kier molecular flexibility index (Phi) is 1.40. The number of carbonyl (C=O) groups is 1. The van der Waals surface area contributed by atoms with E-state index in [0.717, 1.165) is 0 Å². The summed E-state index contributed by atoms with van der Waals surface area (Å²) < 4.78 is 4.58. The number of carboxylic acids is 1. The van der Waals surface area contributed by atoms with Crippen LogP contribution in [0.4, 0.5) is 0 Å². The number of hydrogen-bond acceptors (Lipinski definition) is 3. The van der Waals surface area contributed by atoms with Gasteiger partial charge in [-0.2, -0.15) is 0 Å². The summed E-state index contributed by atoms with van der Waals surface area (Å²) >= 11 is 0. The molecule has 3 N–H and O–H groups in total. The van der Waals surface area contributed by atoms with E-state index in [4.69, 9.17) is 10.8 Å². The molecule has 0 fully saturated rings. The highest BCUT2D eigenvalue weighted by atomic mass is 16.5. The van der Waals surface area contributed by atoms with Crippen molar-refractivity contribution in [3.63, 3.8) is 0 Å². The lowest BCUT2D eigenvalue weighted by molar-refractivity contribution is -0.138. The molecule has 1 heterocycles. The van der Waals surface area contributed by atoms with Crippen LogP contribution in [0.25, 0.3) is 0 Å². The van der Waals surface area contributed by atoms with E-state index in [1.54, 1.807) is 0 Å². The maximum atomic E-state index is 10.1. The summed E-state index contributed by atoms with van der Waals surface area (Å²) in [7, 11) is 0. The summed E-state index contributed by atoms with van der Waals surface area (Å²) in [6.45, 7) is 0. The lowest BCUT2D eigenvalue weighted by Gasteiger charge is -1.98. The molecule has 50 valence electrons. The van der Waals surface area contributed by atoms with Crippen LogP contribution in [0.2, 0.25) is 0 Å². The molecule has 4 nitrogen and oxygen atoms in total. The van der Waals surface area contributed by atoms with Crippen LogP contribution in [0.1, 0.15) is 6.42 Å². The Labute approximate surface area is 51.9 Å². The fraction of sp³-hybridized carbons (Fsp3) is 0.400. The van der Waals surface area contributed by atoms with Crippen molar-refractivity contribution < 1.29 is 14.6 Å². The van der Waals surface area contributed by atoms with Crippen molar-refractivity contribution in [1.82, 2.24) is 0 Å². The second kappa shape index (κ2) is 2.06. The van der Waals surface area contributed by atoms with Crippen molar-refractivity contribution in [3.05, 3.63) is 12.0 Å². The minimum atomic E-state index is -0.994. The number of nitrogens with two attached hydrogens (primary N) is 1. The SMILES string of the molecule is N[C@@H](CC1=CO1)C(=O)O. The van der Waals surface area contributed by atoms with Gasteiger partial charge in [-0.15, -0.1) is 0 Å². The number of ether oxygens (including phenoxy) is 1. The first-order valence-electron chi connectivity index (χ1n) is 2.54. The molecule has 0 aliphatic carbocycles. The Morgan fingerprint density at radius 1 is 2.00 bits per heavy atom. The smallest absolute Gasteiger partial charge is 0.320 e. The molecule has 0 aromatic heterocycles. The number of carboxylic acid groups (broad SMARTS) is 1. The van der Waals surface area contributed by atoms with Crippen molar-refractivity contribution in [2.45, 2.75) is 12.5 Å². The lowest BCUT2D eigenvalue weighted by atomic mass is 10.2. The second-order valence-electron chi connectivity index (χ2n) is 1.85. The predicted octanol–water partition coefficient (Wildman–Crippen LogP) is -0.340. The molecule has 1 aliphatic rings. The Bertz CT molecular complexity index is 164. The van der Waals surface area contributed by atoms with E-state index < -0.39 is 12.0 Å². The molecule has 4 heteroatoms. The molecule has 0 saturated carbocycles. The molecule has 1 aliphatic heterocycles. The van der Waals surface area contributed by atoms with Gasteiger partial charge in [-0.05, 0) is 0 Å². The van der Waals surface area contributed by atoms with Gasteiger partial charge in [0.05, 0.1) is 0 Å². The summed E-state index contributed by atoms with van der Waals surface area (Å²) in [4.78, 5) is 10.1. The van der Waals surface area contributed by atoms with Crippen LogP contribution < -0.4 is 5.73 Å². The van der Waals surface area contributed by atoms with Crippen LogP contribution in [0, 0.1) is 0 Å². The Morgan fingerprint density at radius 2 is 2.56 bits per heavy atom. The van der Waals surface area contributed by atoms with Gasteiger partial charge in [-0.1, -0.05) is 0 Å². The van der Waals surface area contributed by atoms with Crippen LogP contribution in [0.5, 0.6) is 0 Å². The van der Waals surface area contributed by atoms with E-state index >= 15 is 0 Å². The number of aliphatic carboxylic acids is 1. The van der Waals surface area contributed by atoms with E-state index in [9.17, 15) is 4.79 Å². The van der Waals surface area contributed by atoms with E-state index in [2.05, 4.69) is 4.74 Å². The van der Waals surface area contributed by atoms with Crippen LogP contribution in [-0.4, -0.2) is 17.1 Å². The third-order valence-corrected chi connectivity index (χ3v) is 1.02. The maximum Gasteiger partial charge on any atom is 0.320 e. The molecule has 0 amide bonds.